The van der Waals surface area contributed by atoms with Gasteiger partial charge in [0, 0.05) is 18.0 Å². The molecule has 0 aliphatic heterocycles. The van der Waals surface area contributed by atoms with Gasteiger partial charge in [-0.2, -0.15) is 0 Å². The molecule has 5 heteroatoms. The third-order valence-corrected chi connectivity index (χ3v) is 3.56. The zero-order valence-electron chi connectivity index (χ0n) is 12.8. The van der Waals surface area contributed by atoms with Crippen molar-refractivity contribution < 1.29 is 0 Å². The topological polar surface area (TPSA) is 36.4 Å². The second kappa shape index (κ2) is 11.3. The van der Waals surface area contributed by atoms with Crippen LogP contribution in [-0.2, 0) is 6.54 Å². The molecular formula is C15H26IN3S. The van der Waals surface area contributed by atoms with Crippen molar-refractivity contribution >= 4 is 41.7 Å². The van der Waals surface area contributed by atoms with Crippen LogP contribution in [0, 0.1) is 6.92 Å². The van der Waals surface area contributed by atoms with E-state index in [4.69, 9.17) is 0 Å². The van der Waals surface area contributed by atoms with E-state index in [1.165, 1.54) is 16.0 Å². The molecule has 0 saturated carbocycles. The lowest BCUT2D eigenvalue weighted by atomic mass is 10.1. The van der Waals surface area contributed by atoms with Gasteiger partial charge in [0.2, 0.25) is 0 Å². The molecule has 0 amide bonds. The minimum Gasteiger partial charge on any atom is -0.357 e. The third-order valence-electron chi connectivity index (χ3n) is 2.74. The molecule has 2 N–H and O–H groups in total. The van der Waals surface area contributed by atoms with Crippen molar-refractivity contribution in [3.63, 3.8) is 0 Å². The van der Waals surface area contributed by atoms with E-state index in [9.17, 15) is 0 Å². The number of benzene rings is 1. The molecule has 0 fully saturated rings. The standard InChI is InChI=1S/C15H25N3S.HI/c1-5-9-17-15(16-6-2)18-11-13-8-7-12(3)10-14(13)19-4;/h7-8,10H,5-6,9,11H2,1-4H3,(H2,16,17,18);1H. The molecule has 0 spiro atoms. The first-order valence-corrected chi connectivity index (χ1v) is 8.09. The normalized spacial score (nSPS) is 10.9. The van der Waals surface area contributed by atoms with Gasteiger partial charge in [-0.3, -0.25) is 0 Å². The predicted molar refractivity (Wildman–Crippen MR) is 101 cm³/mol. The molecule has 0 unspecified atom stereocenters. The number of nitrogens with one attached hydrogen (secondary N) is 2. The maximum absolute atomic E-state index is 4.64. The van der Waals surface area contributed by atoms with Gasteiger partial charge in [-0.1, -0.05) is 19.1 Å². The van der Waals surface area contributed by atoms with Gasteiger partial charge in [0.1, 0.15) is 0 Å². The molecule has 0 aliphatic carbocycles. The minimum atomic E-state index is 0. The maximum Gasteiger partial charge on any atom is 0.191 e. The highest BCUT2D eigenvalue weighted by Gasteiger charge is 2.02. The largest absolute Gasteiger partial charge is 0.357 e. The molecule has 1 rings (SSSR count). The number of halogens is 1. The molecule has 0 heterocycles. The van der Waals surface area contributed by atoms with Crippen LogP contribution >= 0.6 is 35.7 Å². The number of thioether (sulfide) groups is 1. The molecule has 1 aromatic rings. The Hall–Kier alpha value is -0.430. The molecule has 0 bridgehead atoms. The molecule has 0 atom stereocenters. The Morgan fingerprint density at radius 3 is 2.60 bits per heavy atom. The summed E-state index contributed by atoms with van der Waals surface area (Å²) in [5.41, 5.74) is 2.58. The van der Waals surface area contributed by atoms with E-state index in [-0.39, 0.29) is 24.0 Å². The number of rotatable bonds is 6. The van der Waals surface area contributed by atoms with Crippen LogP contribution in [0.2, 0.25) is 0 Å². The van der Waals surface area contributed by atoms with Gasteiger partial charge in [-0.05, 0) is 43.7 Å². The first kappa shape index (κ1) is 19.6. The van der Waals surface area contributed by atoms with E-state index < -0.39 is 0 Å². The monoisotopic (exact) mass is 407 g/mol. The molecule has 0 radical (unpaired) electrons. The lowest BCUT2D eigenvalue weighted by Gasteiger charge is -2.11. The first-order chi connectivity index (χ1) is 9.21. The number of nitrogens with zero attached hydrogens (tertiary/aromatic N) is 1. The van der Waals surface area contributed by atoms with Gasteiger partial charge in [0.15, 0.2) is 5.96 Å². The van der Waals surface area contributed by atoms with Gasteiger partial charge >= 0.3 is 0 Å². The lowest BCUT2D eigenvalue weighted by Crippen LogP contribution is -2.37. The van der Waals surface area contributed by atoms with Gasteiger partial charge in [0.25, 0.3) is 0 Å². The maximum atomic E-state index is 4.64. The van der Waals surface area contributed by atoms with Crippen molar-refractivity contribution in [2.45, 2.75) is 38.6 Å². The number of aryl methyl sites for hydroxylation is 1. The second-order valence-electron chi connectivity index (χ2n) is 4.44. The summed E-state index contributed by atoms with van der Waals surface area (Å²) in [6.07, 6.45) is 3.22. The molecule has 1 aromatic carbocycles. The third kappa shape index (κ3) is 6.83. The SMILES string of the molecule is CCCNC(=NCc1ccc(C)cc1SC)NCC.I. The quantitative estimate of drug-likeness (QED) is 0.326. The number of hydrogen-bond acceptors (Lipinski definition) is 2. The highest BCUT2D eigenvalue weighted by Crippen LogP contribution is 2.22. The number of hydrogen-bond donors (Lipinski definition) is 2. The van der Waals surface area contributed by atoms with Crippen LogP contribution in [-0.4, -0.2) is 25.3 Å². The summed E-state index contributed by atoms with van der Waals surface area (Å²) in [4.78, 5) is 5.96. The van der Waals surface area contributed by atoms with Crippen LogP contribution in [0.5, 0.6) is 0 Å². The van der Waals surface area contributed by atoms with E-state index in [0.29, 0.717) is 0 Å². The summed E-state index contributed by atoms with van der Waals surface area (Å²) in [5.74, 6) is 0.900. The van der Waals surface area contributed by atoms with Crippen LogP contribution in [0.3, 0.4) is 0 Å². The van der Waals surface area contributed by atoms with Gasteiger partial charge in [-0.25, -0.2) is 4.99 Å². The zero-order chi connectivity index (χ0) is 14.1. The average molecular weight is 407 g/mol. The Morgan fingerprint density at radius 2 is 2.00 bits per heavy atom. The van der Waals surface area contributed by atoms with Gasteiger partial charge in [0.05, 0.1) is 6.54 Å². The molecule has 0 saturated heterocycles. The fraction of sp³-hybridized carbons (Fsp3) is 0.533. The second-order valence-corrected chi connectivity index (χ2v) is 5.29. The molecular weight excluding hydrogens is 381 g/mol. The summed E-state index contributed by atoms with van der Waals surface area (Å²) in [7, 11) is 0. The molecule has 0 aromatic heterocycles. The lowest BCUT2D eigenvalue weighted by molar-refractivity contribution is 0.784. The molecule has 114 valence electrons. The predicted octanol–water partition coefficient (Wildman–Crippen LogP) is 3.80. The average Bonchev–Trinajstić information content (AvgIpc) is 2.42. The zero-order valence-corrected chi connectivity index (χ0v) is 16.0. The van der Waals surface area contributed by atoms with Gasteiger partial charge < -0.3 is 10.6 Å². The van der Waals surface area contributed by atoms with E-state index in [1.54, 1.807) is 11.8 Å². The van der Waals surface area contributed by atoms with Crippen LogP contribution < -0.4 is 10.6 Å². The molecule has 20 heavy (non-hydrogen) atoms. The van der Waals surface area contributed by atoms with Crippen molar-refractivity contribution in [1.82, 2.24) is 10.6 Å². The van der Waals surface area contributed by atoms with E-state index in [1.807, 2.05) is 0 Å². The van der Waals surface area contributed by atoms with Crippen LogP contribution in [0.15, 0.2) is 28.1 Å². The first-order valence-electron chi connectivity index (χ1n) is 6.87. The summed E-state index contributed by atoms with van der Waals surface area (Å²) in [5, 5.41) is 6.59. The van der Waals surface area contributed by atoms with Gasteiger partial charge in [-0.15, -0.1) is 35.7 Å². The van der Waals surface area contributed by atoms with Crippen LogP contribution in [0.1, 0.15) is 31.4 Å². The Bertz CT molecular complexity index is 422. The van der Waals surface area contributed by atoms with Crippen molar-refractivity contribution in [3.8, 4) is 0 Å². The van der Waals surface area contributed by atoms with E-state index in [2.05, 4.69) is 60.9 Å². The highest BCUT2D eigenvalue weighted by molar-refractivity contribution is 14.0. The van der Waals surface area contributed by atoms with Crippen LogP contribution in [0.4, 0.5) is 0 Å². The van der Waals surface area contributed by atoms with Crippen molar-refractivity contribution in [2.75, 3.05) is 19.3 Å². The van der Waals surface area contributed by atoms with E-state index >= 15 is 0 Å². The Morgan fingerprint density at radius 1 is 1.25 bits per heavy atom. The minimum absolute atomic E-state index is 0. The molecule has 3 nitrogen and oxygen atoms in total. The van der Waals surface area contributed by atoms with E-state index in [0.717, 1.165) is 32.0 Å². The van der Waals surface area contributed by atoms with Crippen LogP contribution in [0.25, 0.3) is 0 Å². The summed E-state index contributed by atoms with van der Waals surface area (Å²) < 4.78 is 0. The van der Waals surface area contributed by atoms with Crippen molar-refractivity contribution in [3.05, 3.63) is 29.3 Å². The fourth-order valence-electron chi connectivity index (χ4n) is 1.73. The fourth-order valence-corrected chi connectivity index (χ4v) is 2.43. The Kier molecular flexibility index (Phi) is 11.0. The Balaban J connectivity index is 0.00000361. The summed E-state index contributed by atoms with van der Waals surface area (Å²) in [6.45, 7) is 8.92. The summed E-state index contributed by atoms with van der Waals surface area (Å²) >= 11 is 1.78. The smallest absolute Gasteiger partial charge is 0.191 e. The highest BCUT2D eigenvalue weighted by atomic mass is 127. The van der Waals surface area contributed by atoms with Crippen molar-refractivity contribution in [1.29, 1.82) is 0 Å². The number of aliphatic imine (C=N–C) groups is 1. The number of guanidine groups is 1. The Labute approximate surface area is 144 Å². The summed E-state index contributed by atoms with van der Waals surface area (Å²) in [6, 6.07) is 6.55. The molecule has 0 aliphatic rings. The van der Waals surface area contributed by atoms with Crippen molar-refractivity contribution in [2.24, 2.45) is 4.99 Å².